The Morgan fingerprint density at radius 1 is 0.943 bits per heavy atom. The minimum absolute atomic E-state index is 0.0230. The second-order valence-electron chi connectivity index (χ2n) is 9.49. The van der Waals surface area contributed by atoms with Crippen molar-refractivity contribution in [1.29, 1.82) is 0 Å². The standard InChI is InChI=1S/C26H20N2O7/c29-21(13-5-7-14(8-6-13)28(33)34)12-35-26(32)17-3-1-2-4-20(17)27-24(30)22-15-9-10-16(19-11-18(15)19)23(22)25(27)31/h1-10,15-16,18-19,22-23H,11-12H2/t15-,16+,18-,19-,22+,23-/m1/s1. The summed E-state index contributed by atoms with van der Waals surface area (Å²) in [7, 11) is 0. The Labute approximate surface area is 199 Å². The molecule has 0 radical (unpaired) electrons. The van der Waals surface area contributed by atoms with Gasteiger partial charge in [0.05, 0.1) is 28.0 Å². The number of para-hydroxylation sites is 1. The van der Waals surface area contributed by atoms with Crippen molar-refractivity contribution in [2.75, 3.05) is 11.5 Å². The third kappa shape index (κ3) is 3.22. The van der Waals surface area contributed by atoms with Gasteiger partial charge in [-0.2, -0.15) is 0 Å². The molecule has 0 N–H and O–H groups in total. The van der Waals surface area contributed by atoms with Gasteiger partial charge in [-0.15, -0.1) is 0 Å². The quantitative estimate of drug-likeness (QED) is 0.158. The van der Waals surface area contributed by atoms with Gasteiger partial charge in [-0.25, -0.2) is 9.69 Å². The molecule has 5 aliphatic rings. The Hall–Kier alpha value is -4.14. The van der Waals surface area contributed by atoms with E-state index in [2.05, 4.69) is 12.2 Å². The third-order valence-corrected chi connectivity index (χ3v) is 7.76. The maximum Gasteiger partial charge on any atom is 0.340 e. The zero-order valence-electron chi connectivity index (χ0n) is 18.4. The van der Waals surface area contributed by atoms with E-state index < -0.39 is 35.1 Å². The summed E-state index contributed by atoms with van der Waals surface area (Å²) in [5, 5.41) is 10.8. The number of hydrogen-bond acceptors (Lipinski definition) is 7. The van der Waals surface area contributed by atoms with E-state index in [9.17, 15) is 29.3 Å². The van der Waals surface area contributed by atoms with E-state index in [1.807, 2.05) is 0 Å². The van der Waals surface area contributed by atoms with Gasteiger partial charge >= 0.3 is 5.97 Å². The summed E-state index contributed by atoms with van der Waals surface area (Å²) < 4.78 is 5.21. The van der Waals surface area contributed by atoms with Gasteiger partial charge in [0.15, 0.2) is 12.4 Å². The number of anilines is 1. The van der Waals surface area contributed by atoms with Crippen LogP contribution in [0.2, 0.25) is 0 Å². The van der Waals surface area contributed by atoms with E-state index >= 15 is 0 Å². The maximum atomic E-state index is 13.4. The summed E-state index contributed by atoms with van der Waals surface area (Å²) in [5.41, 5.74) is 0.189. The first kappa shape index (κ1) is 21.4. The number of benzene rings is 2. The van der Waals surface area contributed by atoms with Crippen molar-refractivity contribution in [2.24, 2.45) is 35.5 Å². The van der Waals surface area contributed by atoms with Crippen LogP contribution >= 0.6 is 0 Å². The van der Waals surface area contributed by atoms with Crippen molar-refractivity contribution in [3.8, 4) is 0 Å². The molecule has 2 aromatic rings. The molecular weight excluding hydrogens is 452 g/mol. The second-order valence-corrected chi connectivity index (χ2v) is 9.49. The summed E-state index contributed by atoms with van der Waals surface area (Å²) >= 11 is 0. The number of ether oxygens (including phenoxy) is 1. The molecule has 2 bridgehead atoms. The first-order valence-electron chi connectivity index (χ1n) is 11.5. The highest BCUT2D eigenvalue weighted by Gasteiger charge is 2.67. The summed E-state index contributed by atoms with van der Waals surface area (Å²) in [6.07, 6.45) is 5.22. The van der Waals surface area contributed by atoms with Gasteiger partial charge in [0.1, 0.15) is 0 Å². The molecule has 2 amide bonds. The van der Waals surface area contributed by atoms with Crippen LogP contribution in [0.1, 0.15) is 27.1 Å². The normalized spacial score (nSPS) is 29.5. The van der Waals surface area contributed by atoms with Gasteiger partial charge in [-0.1, -0.05) is 24.3 Å². The van der Waals surface area contributed by atoms with Gasteiger partial charge in [-0.3, -0.25) is 24.5 Å². The van der Waals surface area contributed by atoms with Crippen LogP contribution < -0.4 is 4.90 Å². The number of imide groups is 1. The molecule has 1 aliphatic heterocycles. The molecule has 9 nitrogen and oxygen atoms in total. The Balaban J connectivity index is 1.21. The lowest BCUT2D eigenvalue weighted by Crippen LogP contribution is -2.40. The molecule has 0 unspecified atom stereocenters. The van der Waals surface area contributed by atoms with Crippen LogP contribution in [0.3, 0.4) is 0 Å². The fraction of sp³-hybridized carbons (Fsp3) is 0.308. The van der Waals surface area contributed by atoms with Crippen LogP contribution in [-0.4, -0.2) is 35.1 Å². The topological polar surface area (TPSA) is 124 Å². The molecule has 2 saturated carbocycles. The summed E-state index contributed by atoms with van der Waals surface area (Å²) in [6.45, 7) is -0.588. The lowest BCUT2D eigenvalue weighted by atomic mass is 9.63. The van der Waals surface area contributed by atoms with Crippen LogP contribution in [0.5, 0.6) is 0 Å². The Morgan fingerprint density at radius 3 is 2.14 bits per heavy atom. The number of hydrogen-bond donors (Lipinski definition) is 0. The van der Waals surface area contributed by atoms with Crippen molar-refractivity contribution >= 4 is 34.9 Å². The van der Waals surface area contributed by atoms with E-state index in [0.29, 0.717) is 11.8 Å². The molecule has 176 valence electrons. The van der Waals surface area contributed by atoms with E-state index in [1.54, 1.807) is 12.1 Å². The van der Waals surface area contributed by atoms with Gasteiger partial charge < -0.3 is 4.74 Å². The SMILES string of the molecule is O=C(COC(=O)c1ccccc1N1C(=O)[C@@H]2[C@H]3C=C[C@H]([C@H]4C[C@H]34)[C@@H]2C1=O)c1ccc([N+](=O)[O-])cc1. The average molecular weight is 472 g/mol. The van der Waals surface area contributed by atoms with E-state index in [-0.39, 0.29) is 46.2 Å². The van der Waals surface area contributed by atoms with Crippen molar-refractivity contribution in [2.45, 2.75) is 6.42 Å². The van der Waals surface area contributed by atoms with Crippen molar-refractivity contribution in [3.63, 3.8) is 0 Å². The largest absolute Gasteiger partial charge is 0.454 e. The number of carbonyl (C=O) groups excluding carboxylic acids is 4. The van der Waals surface area contributed by atoms with Crippen molar-refractivity contribution in [1.82, 2.24) is 0 Å². The highest BCUT2D eigenvalue weighted by molar-refractivity contribution is 6.24. The van der Waals surface area contributed by atoms with Crippen molar-refractivity contribution in [3.05, 3.63) is 81.9 Å². The van der Waals surface area contributed by atoms with Crippen LogP contribution in [-0.2, 0) is 14.3 Å². The number of amides is 2. The molecule has 4 aliphatic carbocycles. The zero-order chi connectivity index (χ0) is 24.4. The van der Waals surface area contributed by atoms with Crippen molar-refractivity contribution < 1.29 is 28.8 Å². The number of rotatable bonds is 6. The predicted molar refractivity (Wildman–Crippen MR) is 121 cm³/mol. The number of carbonyl (C=O) groups is 4. The smallest absolute Gasteiger partial charge is 0.340 e. The third-order valence-electron chi connectivity index (χ3n) is 7.76. The Morgan fingerprint density at radius 2 is 1.54 bits per heavy atom. The summed E-state index contributed by atoms with van der Waals surface area (Å²) in [5.74, 6) is -1.67. The lowest BCUT2D eigenvalue weighted by molar-refractivity contribution is -0.384. The first-order valence-corrected chi connectivity index (χ1v) is 11.5. The molecule has 0 spiro atoms. The Bertz CT molecular complexity index is 1300. The number of nitro benzene ring substituents is 1. The number of allylic oxidation sites excluding steroid dienone is 2. The van der Waals surface area contributed by atoms with E-state index in [4.69, 9.17) is 4.74 Å². The van der Waals surface area contributed by atoms with Gasteiger partial charge in [0, 0.05) is 17.7 Å². The molecule has 35 heavy (non-hydrogen) atoms. The second kappa shape index (κ2) is 7.69. The van der Waals surface area contributed by atoms with Gasteiger partial charge in [-0.05, 0) is 54.4 Å². The van der Waals surface area contributed by atoms with Crippen LogP contribution in [0, 0.1) is 45.6 Å². The van der Waals surface area contributed by atoms with E-state index in [1.165, 1.54) is 36.4 Å². The highest BCUT2D eigenvalue weighted by atomic mass is 16.6. The molecule has 7 rings (SSSR count). The molecule has 0 aromatic heterocycles. The van der Waals surface area contributed by atoms with Crippen LogP contribution in [0.4, 0.5) is 11.4 Å². The van der Waals surface area contributed by atoms with E-state index in [0.717, 1.165) is 11.3 Å². The lowest BCUT2D eigenvalue weighted by Gasteiger charge is -2.37. The molecule has 6 atom stereocenters. The van der Waals surface area contributed by atoms with Crippen LogP contribution in [0.15, 0.2) is 60.7 Å². The summed E-state index contributed by atoms with van der Waals surface area (Å²) in [6, 6.07) is 11.2. The molecule has 9 heteroatoms. The van der Waals surface area contributed by atoms with Gasteiger partial charge in [0.2, 0.25) is 11.8 Å². The van der Waals surface area contributed by atoms with Gasteiger partial charge in [0.25, 0.3) is 5.69 Å². The van der Waals surface area contributed by atoms with Crippen LogP contribution in [0.25, 0.3) is 0 Å². The monoisotopic (exact) mass is 472 g/mol. The number of nitro groups is 1. The molecule has 1 saturated heterocycles. The molecule has 2 aromatic carbocycles. The summed E-state index contributed by atoms with van der Waals surface area (Å²) in [4.78, 5) is 63.5. The fourth-order valence-corrected chi connectivity index (χ4v) is 6.10. The Kier molecular flexibility index (Phi) is 4.70. The fourth-order valence-electron chi connectivity index (χ4n) is 6.10. The molecule has 1 heterocycles. The zero-order valence-corrected chi connectivity index (χ0v) is 18.4. The number of esters is 1. The molecule has 3 fully saturated rings. The predicted octanol–water partition coefficient (Wildman–Crippen LogP) is 3.19. The minimum atomic E-state index is -0.838. The first-order chi connectivity index (χ1) is 16.9. The highest BCUT2D eigenvalue weighted by Crippen LogP contribution is 2.65. The number of ketones is 1. The number of Topliss-reactive ketones (excluding diaryl/α,β-unsaturated/α-hetero) is 1. The number of nitrogens with zero attached hydrogens (tertiary/aromatic N) is 2. The minimum Gasteiger partial charge on any atom is -0.454 e. The average Bonchev–Trinajstić information content (AvgIpc) is 3.65. The number of non-ortho nitro benzene ring substituents is 1. The molecular formula is C26H20N2O7. The maximum absolute atomic E-state index is 13.4.